The van der Waals surface area contributed by atoms with E-state index in [1.165, 1.54) is 7.11 Å². The number of hydrogen-bond acceptors (Lipinski definition) is 4. The smallest absolute Gasteiger partial charge is 0.193 e. The summed E-state index contributed by atoms with van der Waals surface area (Å²) in [6.07, 6.45) is 0.592. The second-order valence-electron chi connectivity index (χ2n) is 3.14. The van der Waals surface area contributed by atoms with E-state index in [1.54, 1.807) is 30.5 Å². The number of aliphatic hydroxyl groups is 1. The molecule has 0 radical (unpaired) electrons. The number of aliphatic hydroxyl groups excluding tert-OH is 1. The molecule has 0 spiro atoms. The Kier molecular flexibility index (Phi) is 3.12. The molecule has 0 aliphatic carbocycles. The van der Waals surface area contributed by atoms with Crippen LogP contribution in [0.4, 0.5) is 0 Å². The topological polar surface area (TPSA) is 55.5 Å². The number of nitrogens with zero attached hydrogens (tertiary/aromatic N) is 1. The van der Waals surface area contributed by atoms with Crippen LogP contribution >= 0.6 is 11.6 Å². The largest absolute Gasteiger partial charge is 0.495 e. The minimum atomic E-state index is -0.983. The zero-order chi connectivity index (χ0) is 11.5. The Balaban J connectivity index is 2.36. The third-order valence-electron chi connectivity index (χ3n) is 2.14. The number of rotatable bonds is 3. The van der Waals surface area contributed by atoms with E-state index >= 15 is 0 Å². The van der Waals surface area contributed by atoms with E-state index in [-0.39, 0.29) is 5.22 Å². The summed E-state index contributed by atoms with van der Waals surface area (Å²) in [7, 11) is 1.52. The van der Waals surface area contributed by atoms with Crippen LogP contribution in [0, 0.1) is 0 Å². The molecule has 0 saturated heterocycles. The van der Waals surface area contributed by atoms with Crippen LogP contribution in [0.3, 0.4) is 0 Å². The molecule has 0 aliphatic rings. The Morgan fingerprint density at radius 1 is 1.44 bits per heavy atom. The molecule has 0 aliphatic heterocycles. The molecule has 0 bridgehead atoms. The third-order valence-corrected chi connectivity index (χ3v) is 2.35. The van der Waals surface area contributed by atoms with Crippen molar-refractivity contribution in [1.82, 2.24) is 4.98 Å². The maximum atomic E-state index is 10.0. The predicted molar refractivity (Wildman–Crippen MR) is 58.6 cm³/mol. The summed E-state index contributed by atoms with van der Waals surface area (Å²) in [4.78, 5) is 4.06. The van der Waals surface area contributed by atoms with Crippen LogP contribution in [0.1, 0.15) is 17.6 Å². The number of pyridine rings is 1. The van der Waals surface area contributed by atoms with Gasteiger partial charge in [0.1, 0.15) is 17.2 Å². The van der Waals surface area contributed by atoms with Gasteiger partial charge in [-0.15, -0.1) is 0 Å². The Hall–Kier alpha value is -1.52. The monoisotopic (exact) mass is 239 g/mol. The summed E-state index contributed by atoms with van der Waals surface area (Å²) < 4.78 is 10.2. The molecule has 84 valence electrons. The fraction of sp³-hybridized carbons (Fsp3) is 0.182. The van der Waals surface area contributed by atoms with Crippen LogP contribution < -0.4 is 4.74 Å². The Morgan fingerprint density at radius 3 is 2.88 bits per heavy atom. The zero-order valence-corrected chi connectivity index (χ0v) is 9.31. The lowest BCUT2D eigenvalue weighted by Crippen LogP contribution is -2.03. The van der Waals surface area contributed by atoms with Crippen LogP contribution in [0.25, 0.3) is 0 Å². The molecule has 0 fully saturated rings. The first kappa shape index (κ1) is 11.0. The first-order chi connectivity index (χ1) is 7.72. The van der Waals surface area contributed by atoms with Gasteiger partial charge in [-0.3, -0.25) is 4.98 Å². The second kappa shape index (κ2) is 4.55. The van der Waals surface area contributed by atoms with E-state index in [0.717, 1.165) is 0 Å². The van der Waals surface area contributed by atoms with Gasteiger partial charge in [-0.1, -0.05) is 0 Å². The van der Waals surface area contributed by atoms with Crippen molar-refractivity contribution >= 4 is 11.6 Å². The highest BCUT2D eigenvalue weighted by atomic mass is 35.5. The second-order valence-corrected chi connectivity index (χ2v) is 3.51. The van der Waals surface area contributed by atoms with Crippen LogP contribution in [0.5, 0.6) is 5.75 Å². The number of methoxy groups -OCH3 is 1. The molecular formula is C11H10ClNO3. The molecule has 2 heterocycles. The highest BCUT2D eigenvalue weighted by Gasteiger charge is 2.19. The van der Waals surface area contributed by atoms with E-state index in [1.807, 2.05) is 0 Å². The average molecular weight is 240 g/mol. The zero-order valence-electron chi connectivity index (χ0n) is 8.55. The van der Waals surface area contributed by atoms with Gasteiger partial charge in [-0.05, 0) is 35.9 Å². The molecule has 5 heteroatoms. The van der Waals surface area contributed by atoms with Gasteiger partial charge in [0, 0.05) is 6.20 Å². The molecular weight excluding hydrogens is 230 g/mol. The van der Waals surface area contributed by atoms with E-state index < -0.39 is 6.10 Å². The Bertz CT molecular complexity index is 484. The number of furan rings is 1. The molecule has 1 atom stereocenters. The summed E-state index contributed by atoms with van der Waals surface area (Å²) in [5, 5.41) is 10.2. The summed E-state index contributed by atoms with van der Waals surface area (Å²) >= 11 is 5.64. The van der Waals surface area contributed by atoms with E-state index in [0.29, 0.717) is 17.2 Å². The number of ether oxygens (including phenoxy) is 1. The van der Waals surface area contributed by atoms with Crippen molar-refractivity contribution in [1.29, 1.82) is 0 Å². The van der Waals surface area contributed by atoms with Gasteiger partial charge in [0.15, 0.2) is 11.3 Å². The van der Waals surface area contributed by atoms with Gasteiger partial charge in [-0.25, -0.2) is 0 Å². The van der Waals surface area contributed by atoms with E-state index in [9.17, 15) is 5.11 Å². The summed E-state index contributed by atoms with van der Waals surface area (Å²) in [6.45, 7) is 0. The molecule has 16 heavy (non-hydrogen) atoms. The van der Waals surface area contributed by atoms with E-state index in [2.05, 4.69) is 4.98 Å². The molecule has 0 saturated carbocycles. The summed E-state index contributed by atoms with van der Waals surface area (Å²) in [5.74, 6) is 0.838. The summed E-state index contributed by atoms with van der Waals surface area (Å²) in [6, 6.07) is 6.61. The number of halogens is 1. The van der Waals surface area contributed by atoms with Gasteiger partial charge in [0.05, 0.1) is 7.11 Å². The van der Waals surface area contributed by atoms with Crippen LogP contribution in [0.2, 0.25) is 5.22 Å². The third kappa shape index (κ3) is 2.03. The normalized spacial score (nSPS) is 12.4. The first-order valence-electron chi connectivity index (χ1n) is 4.64. The fourth-order valence-electron chi connectivity index (χ4n) is 1.39. The number of hydrogen-bond donors (Lipinski definition) is 1. The van der Waals surface area contributed by atoms with Crippen molar-refractivity contribution in [2.75, 3.05) is 7.11 Å². The van der Waals surface area contributed by atoms with Crippen LogP contribution in [-0.4, -0.2) is 17.2 Å². The highest BCUT2D eigenvalue weighted by molar-refractivity contribution is 6.28. The van der Waals surface area contributed by atoms with Gasteiger partial charge in [0.2, 0.25) is 0 Å². The molecule has 0 amide bonds. The van der Waals surface area contributed by atoms with Crippen molar-refractivity contribution < 1.29 is 14.3 Å². The standard InChI is InChI=1S/C11H10ClNO3/c1-15-7-3-2-6-13-10(7)11(14)8-4-5-9(12)16-8/h2-6,11,14H,1H3. The van der Waals surface area contributed by atoms with Crippen LogP contribution in [0.15, 0.2) is 34.9 Å². The van der Waals surface area contributed by atoms with Gasteiger partial charge in [-0.2, -0.15) is 0 Å². The van der Waals surface area contributed by atoms with Gasteiger partial charge >= 0.3 is 0 Å². The Labute approximate surface area is 97.4 Å². The fourth-order valence-corrected chi connectivity index (χ4v) is 1.54. The van der Waals surface area contributed by atoms with Crippen molar-refractivity contribution in [2.24, 2.45) is 0 Å². The SMILES string of the molecule is COc1cccnc1C(O)c1ccc(Cl)o1. The first-order valence-corrected chi connectivity index (χ1v) is 5.02. The van der Waals surface area contributed by atoms with Gasteiger partial charge in [0.25, 0.3) is 0 Å². The van der Waals surface area contributed by atoms with Crippen molar-refractivity contribution in [2.45, 2.75) is 6.10 Å². The molecule has 4 nitrogen and oxygen atoms in total. The van der Waals surface area contributed by atoms with Crippen molar-refractivity contribution in [3.8, 4) is 5.75 Å². The quantitative estimate of drug-likeness (QED) is 0.894. The maximum Gasteiger partial charge on any atom is 0.193 e. The molecule has 0 aromatic carbocycles. The lowest BCUT2D eigenvalue weighted by Gasteiger charge is -2.10. The molecule has 1 unspecified atom stereocenters. The van der Waals surface area contributed by atoms with E-state index in [4.69, 9.17) is 20.8 Å². The lowest BCUT2D eigenvalue weighted by molar-refractivity contribution is 0.180. The van der Waals surface area contributed by atoms with Crippen LogP contribution in [-0.2, 0) is 0 Å². The van der Waals surface area contributed by atoms with Crippen molar-refractivity contribution in [3.63, 3.8) is 0 Å². The Morgan fingerprint density at radius 2 is 2.25 bits per heavy atom. The highest BCUT2D eigenvalue weighted by Crippen LogP contribution is 2.29. The minimum absolute atomic E-state index is 0.226. The molecule has 2 aromatic rings. The number of aromatic nitrogens is 1. The molecule has 2 aromatic heterocycles. The summed E-state index contributed by atoms with van der Waals surface area (Å²) in [5.41, 5.74) is 0.399. The lowest BCUT2D eigenvalue weighted by atomic mass is 10.1. The predicted octanol–water partition coefficient (Wildman–Crippen LogP) is 2.42. The van der Waals surface area contributed by atoms with Gasteiger partial charge < -0.3 is 14.3 Å². The average Bonchev–Trinajstić information content (AvgIpc) is 2.75. The minimum Gasteiger partial charge on any atom is -0.495 e. The molecule has 1 N–H and O–H groups in total. The maximum absolute atomic E-state index is 10.0. The molecule has 2 rings (SSSR count). The van der Waals surface area contributed by atoms with Crippen molar-refractivity contribution in [3.05, 3.63) is 47.1 Å².